The van der Waals surface area contributed by atoms with E-state index in [4.69, 9.17) is 23.7 Å². The molecule has 0 bridgehead atoms. The molecular formula is C27H37BrO6Si. The summed E-state index contributed by atoms with van der Waals surface area (Å²) in [6.07, 6.45) is 2.40. The summed E-state index contributed by atoms with van der Waals surface area (Å²) in [5.74, 6) is 2.67. The van der Waals surface area contributed by atoms with Crippen LogP contribution in [-0.2, 0) is 4.74 Å². The summed E-state index contributed by atoms with van der Waals surface area (Å²) in [7, 11) is 6.53. The summed E-state index contributed by atoms with van der Waals surface area (Å²) in [4.78, 5) is 14.0. The number of benzene rings is 2. The van der Waals surface area contributed by atoms with Gasteiger partial charge >= 0.3 is 0 Å². The zero-order chi connectivity index (χ0) is 25.9. The highest BCUT2D eigenvalue weighted by molar-refractivity contribution is 9.09. The molecule has 0 heterocycles. The van der Waals surface area contributed by atoms with Crippen molar-refractivity contribution in [1.82, 2.24) is 0 Å². The topological polar surface area (TPSA) is 63.2 Å². The first-order valence-corrected chi connectivity index (χ1v) is 16.5. The third-order valence-corrected chi connectivity index (χ3v) is 11.1. The van der Waals surface area contributed by atoms with E-state index in [1.54, 1.807) is 35.5 Å². The number of halogens is 1. The van der Waals surface area contributed by atoms with Gasteiger partial charge in [-0.05, 0) is 43.4 Å². The van der Waals surface area contributed by atoms with E-state index in [0.29, 0.717) is 28.2 Å². The molecule has 1 fully saturated rings. The molecule has 4 rings (SSSR count). The number of Topliss-reactive ketones (excluding diaryl/α,β-unsaturated/α-hetero) is 1. The zero-order valence-electron chi connectivity index (χ0n) is 22.3. The smallest absolute Gasteiger partial charge is 0.170 e. The van der Waals surface area contributed by atoms with Gasteiger partial charge in [0, 0.05) is 23.4 Å². The van der Waals surface area contributed by atoms with Crippen LogP contribution in [0.25, 0.3) is 10.8 Å². The first-order chi connectivity index (χ1) is 16.5. The van der Waals surface area contributed by atoms with Crippen molar-refractivity contribution >= 4 is 45.7 Å². The second-order valence-electron chi connectivity index (χ2n) is 10.9. The number of hydrogen-bond donors (Lipinski definition) is 0. The van der Waals surface area contributed by atoms with Gasteiger partial charge in [-0.1, -0.05) is 35.6 Å². The maximum absolute atomic E-state index is 14.1. The van der Waals surface area contributed by atoms with Gasteiger partial charge in [0.05, 0.1) is 58.5 Å². The maximum atomic E-state index is 14.1. The minimum absolute atomic E-state index is 0.0813. The third-order valence-electron chi connectivity index (χ3n) is 7.98. The van der Waals surface area contributed by atoms with E-state index >= 15 is 0 Å². The number of carbonyl (C=O) groups is 1. The van der Waals surface area contributed by atoms with E-state index in [1.165, 1.54) is 0 Å². The lowest BCUT2D eigenvalue weighted by Gasteiger charge is -2.46. The van der Waals surface area contributed by atoms with Crippen molar-refractivity contribution in [3.63, 3.8) is 0 Å². The van der Waals surface area contributed by atoms with Crippen LogP contribution < -0.4 is 24.1 Å². The molecule has 8 heteroatoms. The highest BCUT2D eigenvalue weighted by Gasteiger charge is 2.51. The van der Waals surface area contributed by atoms with Crippen LogP contribution in [0.4, 0.5) is 0 Å². The van der Waals surface area contributed by atoms with Crippen molar-refractivity contribution < 1.29 is 28.5 Å². The van der Waals surface area contributed by atoms with Gasteiger partial charge in [-0.3, -0.25) is 4.79 Å². The molecule has 1 saturated carbocycles. The minimum atomic E-state index is -1.84. The van der Waals surface area contributed by atoms with Gasteiger partial charge < -0.3 is 23.7 Å². The summed E-state index contributed by atoms with van der Waals surface area (Å²) in [6, 6.07) is 2.05. The number of ether oxygens (including phenoxy) is 5. The van der Waals surface area contributed by atoms with Crippen molar-refractivity contribution in [2.24, 2.45) is 11.8 Å². The molecule has 6 nitrogen and oxygen atoms in total. The van der Waals surface area contributed by atoms with E-state index in [0.717, 1.165) is 41.1 Å². The quantitative estimate of drug-likeness (QED) is 0.323. The Bertz CT molecular complexity index is 1170. The summed E-state index contributed by atoms with van der Waals surface area (Å²) in [5.41, 5.74) is 1.16. The molecule has 2 aromatic carbocycles. The van der Waals surface area contributed by atoms with Gasteiger partial charge in [-0.15, -0.1) is 0 Å². The van der Waals surface area contributed by atoms with Crippen LogP contribution >= 0.6 is 15.9 Å². The number of fused-ring (bicyclic) bond motifs is 3. The molecule has 2 aromatic rings. The monoisotopic (exact) mass is 564 g/mol. The van der Waals surface area contributed by atoms with E-state index in [1.807, 2.05) is 6.07 Å². The van der Waals surface area contributed by atoms with E-state index < -0.39 is 8.07 Å². The molecule has 35 heavy (non-hydrogen) atoms. The minimum Gasteiger partial charge on any atom is -0.496 e. The Morgan fingerprint density at radius 1 is 0.943 bits per heavy atom. The Hall–Kier alpha value is -1.77. The second kappa shape index (κ2) is 9.27. The summed E-state index contributed by atoms with van der Waals surface area (Å²) in [6.45, 7) is 8.95. The standard InChI is InChI=1S/C27H37BrO6Si/c1-27(34-6)11-10-14-15(13-27)22(28)19-20(23(14)29)25(32-4)18-16(30-2)12-17(35(7,8)9)24(31-3)21(18)26(19)33-5/h12,14-15,22H,10-11,13H2,1-9H3/t14-,15-,22?,27+/m1/s1. The SMILES string of the molecule is COc1cc([Si](C)(C)C)c(OC)c2c(OC)c3c(c(OC)c12)C(=O)[C@@H]1CC[C@](C)(OC)C[C@H]1C3Br. The molecule has 0 N–H and O–H groups in total. The van der Waals surface area contributed by atoms with E-state index in [2.05, 4.69) is 42.5 Å². The number of hydrogen-bond acceptors (Lipinski definition) is 6. The van der Waals surface area contributed by atoms with E-state index in [9.17, 15) is 4.79 Å². The normalized spacial score (nSPS) is 26.2. The number of methoxy groups -OCH3 is 5. The molecular weight excluding hydrogens is 528 g/mol. The molecule has 2 aliphatic carbocycles. The average Bonchev–Trinajstić information content (AvgIpc) is 2.83. The predicted octanol–water partition coefficient (Wildman–Crippen LogP) is 5.87. The zero-order valence-corrected chi connectivity index (χ0v) is 24.8. The summed E-state index contributed by atoms with van der Waals surface area (Å²) >= 11 is 4.01. The van der Waals surface area contributed by atoms with Gasteiger partial charge in [0.2, 0.25) is 0 Å². The molecule has 0 amide bonds. The van der Waals surface area contributed by atoms with E-state index in [-0.39, 0.29) is 28.0 Å². The largest absolute Gasteiger partial charge is 0.496 e. The van der Waals surface area contributed by atoms with Crippen molar-refractivity contribution in [2.75, 3.05) is 35.5 Å². The highest BCUT2D eigenvalue weighted by atomic mass is 79.9. The van der Waals surface area contributed by atoms with Crippen LogP contribution in [0.1, 0.15) is 46.9 Å². The predicted molar refractivity (Wildman–Crippen MR) is 145 cm³/mol. The van der Waals surface area contributed by atoms with Gasteiger partial charge in [-0.2, -0.15) is 0 Å². The van der Waals surface area contributed by atoms with Crippen molar-refractivity contribution in [3.8, 4) is 23.0 Å². The Morgan fingerprint density at radius 3 is 2.09 bits per heavy atom. The van der Waals surface area contributed by atoms with Crippen LogP contribution in [0.2, 0.25) is 19.6 Å². The fourth-order valence-corrected chi connectivity index (χ4v) is 8.53. The van der Waals surface area contributed by atoms with Crippen LogP contribution in [-0.4, -0.2) is 55.0 Å². The number of rotatable bonds is 6. The van der Waals surface area contributed by atoms with Gasteiger partial charge in [0.1, 0.15) is 23.0 Å². The number of carbonyl (C=O) groups excluding carboxylic acids is 1. The molecule has 2 aliphatic rings. The van der Waals surface area contributed by atoms with Gasteiger partial charge in [0.15, 0.2) is 5.78 Å². The second-order valence-corrected chi connectivity index (χ2v) is 17.0. The van der Waals surface area contributed by atoms with Gasteiger partial charge in [-0.25, -0.2) is 0 Å². The molecule has 0 aromatic heterocycles. The fraction of sp³-hybridized carbons (Fsp3) is 0.593. The highest BCUT2D eigenvalue weighted by Crippen LogP contribution is 2.59. The molecule has 1 unspecified atom stereocenters. The molecule has 192 valence electrons. The Morgan fingerprint density at radius 2 is 1.57 bits per heavy atom. The molecule has 4 atom stereocenters. The Balaban J connectivity index is 2.16. The Labute approximate surface area is 217 Å². The lowest BCUT2D eigenvalue weighted by atomic mass is 9.63. The summed E-state index contributed by atoms with van der Waals surface area (Å²) < 4.78 is 30.0. The lowest BCUT2D eigenvalue weighted by Crippen LogP contribution is -2.45. The first kappa shape index (κ1) is 26.3. The maximum Gasteiger partial charge on any atom is 0.170 e. The average molecular weight is 566 g/mol. The van der Waals surface area contributed by atoms with Crippen molar-refractivity contribution in [3.05, 3.63) is 17.2 Å². The van der Waals surface area contributed by atoms with Crippen LogP contribution in [0, 0.1) is 11.8 Å². The first-order valence-electron chi connectivity index (χ1n) is 12.1. The molecule has 0 spiro atoms. The van der Waals surface area contributed by atoms with Crippen LogP contribution in [0.15, 0.2) is 6.07 Å². The number of ketones is 1. The molecule has 0 radical (unpaired) electrons. The van der Waals surface area contributed by atoms with Crippen LogP contribution in [0.3, 0.4) is 0 Å². The van der Waals surface area contributed by atoms with Crippen molar-refractivity contribution in [2.45, 2.75) is 56.3 Å². The number of alkyl halides is 1. The Kier molecular flexibility index (Phi) is 6.96. The molecule has 0 saturated heterocycles. The molecule has 0 aliphatic heterocycles. The van der Waals surface area contributed by atoms with Gasteiger partial charge in [0.25, 0.3) is 0 Å². The summed E-state index contributed by atoms with van der Waals surface area (Å²) in [5, 5.41) is 2.64. The van der Waals surface area contributed by atoms with Crippen molar-refractivity contribution in [1.29, 1.82) is 0 Å². The fourth-order valence-electron chi connectivity index (χ4n) is 6.07. The lowest BCUT2D eigenvalue weighted by molar-refractivity contribution is -0.0521. The third kappa shape index (κ3) is 3.96. The van der Waals surface area contributed by atoms with Crippen LogP contribution in [0.5, 0.6) is 23.0 Å².